The van der Waals surface area contributed by atoms with Crippen LogP contribution in [0.3, 0.4) is 0 Å². The summed E-state index contributed by atoms with van der Waals surface area (Å²) >= 11 is 0. The molecule has 14 heteroatoms. The molecule has 2 aromatic carbocycles. The van der Waals surface area contributed by atoms with Crippen LogP contribution in [0, 0.1) is 0 Å². The van der Waals surface area contributed by atoms with Crippen LogP contribution in [0.15, 0.2) is 53.6 Å². The summed E-state index contributed by atoms with van der Waals surface area (Å²) in [6.07, 6.45) is 5.34. The summed E-state index contributed by atoms with van der Waals surface area (Å²) in [5, 5.41) is 3.83. The number of nitrogens with zero attached hydrogens (tertiary/aromatic N) is 7. The number of nitrogens with one attached hydrogen (secondary N) is 1. The molecule has 286 valence electrons. The van der Waals surface area contributed by atoms with Gasteiger partial charge in [0.25, 0.3) is 11.5 Å². The van der Waals surface area contributed by atoms with Crippen LogP contribution >= 0.6 is 0 Å². The normalized spacial score (nSPS) is 20.7. The van der Waals surface area contributed by atoms with Crippen LogP contribution in [-0.4, -0.2) is 121 Å². The zero-order valence-corrected chi connectivity index (χ0v) is 31.5. The lowest BCUT2D eigenvalue weighted by Crippen LogP contribution is -2.62. The number of hydrogen-bond donors (Lipinski definition) is 1. The first-order chi connectivity index (χ1) is 26.7. The molecule has 14 nitrogen and oxygen atoms in total. The Morgan fingerprint density at radius 2 is 1.60 bits per heavy atom. The predicted molar refractivity (Wildman–Crippen MR) is 208 cm³/mol. The second-order valence-corrected chi connectivity index (χ2v) is 15.4. The fourth-order valence-electron chi connectivity index (χ4n) is 8.82. The first kappa shape index (κ1) is 35.2. The lowest BCUT2D eigenvalue weighted by molar-refractivity contribution is -0.136. The number of carbonyl (C=O) groups is 3. The monoisotopic (exact) mass is 746 g/mol. The third kappa shape index (κ3) is 6.26. The van der Waals surface area contributed by atoms with Gasteiger partial charge in [-0.1, -0.05) is 0 Å². The van der Waals surface area contributed by atoms with E-state index < -0.39 is 6.04 Å². The average Bonchev–Trinajstić information content (AvgIpc) is 3.48. The van der Waals surface area contributed by atoms with Crippen LogP contribution in [0.2, 0.25) is 0 Å². The van der Waals surface area contributed by atoms with Gasteiger partial charge in [0.2, 0.25) is 11.8 Å². The van der Waals surface area contributed by atoms with Crippen molar-refractivity contribution >= 4 is 40.0 Å². The van der Waals surface area contributed by atoms with E-state index in [-0.39, 0.29) is 29.7 Å². The highest BCUT2D eigenvalue weighted by atomic mass is 16.5. The van der Waals surface area contributed by atoms with Crippen LogP contribution in [0.4, 0.5) is 11.5 Å². The summed E-state index contributed by atoms with van der Waals surface area (Å²) in [7, 11) is 5.16. The maximum Gasteiger partial charge on any atom is 0.259 e. The first-order valence-electron chi connectivity index (χ1n) is 19.2. The van der Waals surface area contributed by atoms with Gasteiger partial charge in [0, 0.05) is 120 Å². The summed E-state index contributed by atoms with van der Waals surface area (Å²) in [6.45, 7) is 8.58. The third-order valence-electron chi connectivity index (χ3n) is 12.2. The van der Waals surface area contributed by atoms with Crippen LogP contribution in [0.25, 0.3) is 21.9 Å². The molecule has 5 aliphatic rings. The zero-order chi connectivity index (χ0) is 38.0. The van der Waals surface area contributed by atoms with E-state index in [1.54, 1.807) is 36.9 Å². The highest BCUT2D eigenvalue weighted by Gasteiger charge is 2.40. The number of fused-ring (bicyclic) bond motifs is 2. The van der Waals surface area contributed by atoms with Gasteiger partial charge in [-0.3, -0.25) is 34.3 Å². The van der Waals surface area contributed by atoms with Crippen molar-refractivity contribution in [3.63, 3.8) is 0 Å². The molecule has 0 radical (unpaired) electrons. The molecule has 0 bridgehead atoms. The van der Waals surface area contributed by atoms with Crippen molar-refractivity contribution in [1.82, 2.24) is 29.6 Å². The average molecular weight is 747 g/mol. The summed E-state index contributed by atoms with van der Waals surface area (Å²) < 4.78 is 13.6. The Morgan fingerprint density at radius 1 is 0.855 bits per heavy atom. The Morgan fingerprint density at radius 3 is 2.27 bits per heavy atom. The Labute approximate surface area is 319 Å². The van der Waals surface area contributed by atoms with Crippen LogP contribution in [0.5, 0.6) is 11.5 Å². The number of benzene rings is 2. The van der Waals surface area contributed by atoms with Gasteiger partial charge in [-0.2, -0.15) is 0 Å². The van der Waals surface area contributed by atoms with Crippen LogP contribution in [0.1, 0.15) is 40.7 Å². The van der Waals surface area contributed by atoms with Gasteiger partial charge in [0.05, 0.1) is 25.2 Å². The fourth-order valence-corrected chi connectivity index (χ4v) is 8.82. The topological polar surface area (TPSA) is 133 Å². The smallest absolute Gasteiger partial charge is 0.259 e. The van der Waals surface area contributed by atoms with Crippen LogP contribution in [-0.2, 0) is 29.7 Å². The van der Waals surface area contributed by atoms with E-state index in [9.17, 15) is 19.2 Å². The number of anilines is 2. The van der Waals surface area contributed by atoms with Crippen LogP contribution < -0.4 is 30.1 Å². The van der Waals surface area contributed by atoms with E-state index in [1.807, 2.05) is 24.4 Å². The molecular weight excluding hydrogens is 701 g/mol. The van der Waals surface area contributed by atoms with Crippen molar-refractivity contribution < 1.29 is 23.9 Å². The van der Waals surface area contributed by atoms with Crippen molar-refractivity contribution in [2.45, 2.75) is 44.4 Å². The summed E-state index contributed by atoms with van der Waals surface area (Å²) in [5.41, 5.74) is 5.42. The molecule has 4 aromatic rings. The number of hydrogen-bond acceptors (Lipinski definition) is 11. The number of imide groups is 1. The summed E-state index contributed by atoms with van der Waals surface area (Å²) in [5.74, 6) is 1.58. The highest BCUT2D eigenvalue weighted by Crippen LogP contribution is 2.39. The predicted octanol–water partition coefficient (Wildman–Crippen LogP) is 2.60. The lowest BCUT2D eigenvalue weighted by atomic mass is 9.97. The number of methoxy groups -OCH3 is 2. The molecule has 0 aliphatic carbocycles. The second kappa shape index (κ2) is 14.0. The molecule has 2 aromatic heterocycles. The molecule has 0 saturated carbocycles. The number of piperazine rings is 1. The van der Waals surface area contributed by atoms with Gasteiger partial charge < -0.3 is 28.7 Å². The van der Waals surface area contributed by atoms with Gasteiger partial charge in [-0.15, -0.1) is 0 Å². The van der Waals surface area contributed by atoms with Crippen molar-refractivity contribution in [2.75, 3.05) is 76.4 Å². The standard InChI is InChI=1S/C41H46N8O6/c1-44-23-32(30-18-37(48-9-4-10-48)42-19-31(30)40(44)52)25-16-35(54-2)33(36(17-25)55-3)24-45-21-28(22-45)47-13-11-46(12-14-47)27-5-6-29-26(15-27)20-49(41(29)53)34-7-8-38(50)43-39(34)51/h5-6,15-19,23,28,34H,4,7-14,20-22,24H2,1-3H3,(H,43,50,51). The van der Waals surface area contributed by atoms with E-state index in [4.69, 9.17) is 9.47 Å². The molecule has 55 heavy (non-hydrogen) atoms. The Kier molecular flexibility index (Phi) is 8.96. The molecule has 0 spiro atoms. The van der Waals surface area contributed by atoms with E-state index in [1.165, 1.54) is 0 Å². The Hall–Kier alpha value is -5.47. The number of rotatable bonds is 9. The van der Waals surface area contributed by atoms with Crippen molar-refractivity contribution in [3.05, 3.63) is 75.8 Å². The molecule has 7 heterocycles. The molecule has 1 unspecified atom stereocenters. The minimum absolute atomic E-state index is 0.0771. The quantitative estimate of drug-likeness (QED) is 0.254. The van der Waals surface area contributed by atoms with Crippen molar-refractivity contribution in [1.29, 1.82) is 0 Å². The van der Waals surface area contributed by atoms with E-state index >= 15 is 0 Å². The zero-order valence-electron chi connectivity index (χ0n) is 31.5. The first-order valence-corrected chi connectivity index (χ1v) is 19.2. The summed E-state index contributed by atoms with van der Waals surface area (Å²) in [6, 6.07) is 12.0. The van der Waals surface area contributed by atoms with E-state index in [0.29, 0.717) is 36.5 Å². The number of aromatic nitrogens is 2. The molecule has 9 rings (SSSR count). The number of likely N-dealkylation sites (tertiary alicyclic amines) is 1. The molecule has 5 aliphatic heterocycles. The van der Waals surface area contributed by atoms with Gasteiger partial charge in [-0.25, -0.2) is 4.98 Å². The Bertz CT molecular complexity index is 2250. The molecular formula is C41H46N8O6. The molecule has 1 N–H and O–H groups in total. The van der Waals surface area contributed by atoms with Gasteiger partial charge >= 0.3 is 0 Å². The largest absolute Gasteiger partial charge is 0.496 e. The maximum absolute atomic E-state index is 13.2. The van der Waals surface area contributed by atoms with E-state index in [2.05, 4.69) is 48.1 Å². The molecule has 4 fully saturated rings. The lowest BCUT2D eigenvalue weighted by Gasteiger charge is -2.48. The third-order valence-corrected chi connectivity index (χ3v) is 12.2. The number of amides is 3. The second-order valence-electron chi connectivity index (χ2n) is 15.4. The van der Waals surface area contributed by atoms with Gasteiger partial charge in [-0.05, 0) is 60.4 Å². The van der Waals surface area contributed by atoms with Gasteiger partial charge in [0.15, 0.2) is 0 Å². The number of aryl methyl sites for hydroxylation is 1. The number of ether oxygens (including phenoxy) is 2. The molecule has 4 saturated heterocycles. The number of carbonyl (C=O) groups excluding carboxylic acids is 3. The highest BCUT2D eigenvalue weighted by molar-refractivity contribution is 6.05. The fraction of sp³-hybridized carbons (Fsp3) is 0.439. The molecule has 1 atom stereocenters. The minimum Gasteiger partial charge on any atom is -0.496 e. The van der Waals surface area contributed by atoms with Crippen molar-refractivity contribution in [3.8, 4) is 22.6 Å². The summed E-state index contributed by atoms with van der Waals surface area (Å²) in [4.78, 5) is 66.2. The van der Waals surface area contributed by atoms with E-state index in [0.717, 1.165) is 109 Å². The molecule has 3 amide bonds. The number of piperidine rings is 1. The number of pyridine rings is 2. The minimum atomic E-state index is -0.609. The van der Waals surface area contributed by atoms with Gasteiger partial charge in [0.1, 0.15) is 23.4 Å². The Balaban J connectivity index is 0.843. The maximum atomic E-state index is 13.2. The SMILES string of the molecule is COc1cc(-c2cn(C)c(=O)c3cnc(N4CCC4)cc23)cc(OC)c1CN1CC(N2CCN(c3ccc4c(c3)CN(C3CCC(=O)NC3=O)C4=O)CC2)C1. The van der Waals surface area contributed by atoms with Crippen molar-refractivity contribution in [2.24, 2.45) is 7.05 Å².